The highest BCUT2D eigenvalue weighted by molar-refractivity contribution is 4.72. The molecule has 0 saturated carbocycles. The van der Waals surface area contributed by atoms with Gasteiger partial charge in [0.2, 0.25) is 0 Å². The summed E-state index contributed by atoms with van der Waals surface area (Å²) in [5, 5.41) is 27.6. The van der Waals surface area contributed by atoms with Crippen LogP contribution in [0.15, 0.2) is 0 Å². The number of unbranched alkanes of at least 4 members (excludes halogenated alkanes) is 11. The summed E-state index contributed by atoms with van der Waals surface area (Å²) in [4.78, 5) is 0. The third kappa shape index (κ3) is 16.3. The van der Waals surface area contributed by atoms with E-state index in [0.717, 1.165) is 19.3 Å². The third-order valence-corrected chi connectivity index (χ3v) is 4.50. The molecule has 3 heteroatoms. The monoisotopic (exact) mass is 316 g/mol. The summed E-state index contributed by atoms with van der Waals surface area (Å²) in [7, 11) is 0. The first-order chi connectivity index (χ1) is 10.6. The maximum absolute atomic E-state index is 10.1. The molecule has 22 heavy (non-hydrogen) atoms. The van der Waals surface area contributed by atoms with Crippen LogP contribution in [0.2, 0.25) is 0 Å². The lowest BCUT2D eigenvalue weighted by atomic mass is 9.93. The zero-order valence-electron chi connectivity index (χ0n) is 14.9. The van der Waals surface area contributed by atoms with Crippen LogP contribution in [-0.2, 0) is 0 Å². The molecule has 0 bridgehead atoms. The minimum absolute atomic E-state index is 0.178. The second kappa shape index (κ2) is 15.8. The van der Waals surface area contributed by atoms with Gasteiger partial charge in [0.05, 0.1) is 5.60 Å². The van der Waals surface area contributed by atoms with Gasteiger partial charge in [-0.3, -0.25) is 0 Å². The van der Waals surface area contributed by atoms with Crippen molar-refractivity contribution in [2.24, 2.45) is 0 Å². The molecule has 0 spiro atoms. The van der Waals surface area contributed by atoms with Crippen molar-refractivity contribution < 1.29 is 15.3 Å². The van der Waals surface area contributed by atoms with Gasteiger partial charge in [0, 0.05) is 13.2 Å². The Labute approximate surface area is 138 Å². The molecule has 0 aliphatic heterocycles. The molecule has 134 valence electrons. The quantitative estimate of drug-likeness (QED) is 0.344. The highest BCUT2D eigenvalue weighted by Gasteiger charge is 2.18. The van der Waals surface area contributed by atoms with Crippen LogP contribution in [0.1, 0.15) is 103 Å². The Balaban J connectivity index is 3.17. The predicted octanol–water partition coefficient (Wildman–Crippen LogP) is 4.57. The van der Waals surface area contributed by atoms with Gasteiger partial charge in [0.15, 0.2) is 0 Å². The second-order valence-electron chi connectivity index (χ2n) is 7.04. The largest absolute Gasteiger partial charge is 0.396 e. The van der Waals surface area contributed by atoms with E-state index in [1.54, 1.807) is 0 Å². The molecule has 0 saturated heterocycles. The molecule has 0 aromatic carbocycles. The van der Waals surface area contributed by atoms with Crippen LogP contribution in [0.4, 0.5) is 0 Å². The normalized spacial score (nSPS) is 14.2. The first kappa shape index (κ1) is 21.9. The average Bonchev–Trinajstić information content (AvgIpc) is 2.50. The van der Waals surface area contributed by atoms with Gasteiger partial charge in [-0.05, 0) is 32.6 Å². The summed E-state index contributed by atoms with van der Waals surface area (Å²) in [5.41, 5.74) is -0.585. The summed E-state index contributed by atoms with van der Waals surface area (Å²) in [6.45, 7) is 2.41. The van der Waals surface area contributed by atoms with Crippen molar-refractivity contribution >= 4 is 0 Å². The summed E-state index contributed by atoms with van der Waals surface area (Å²) >= 11 is 0. The van der Waals surface area contributed by atoms with Crippen molar-refractivity contribution in [3.63, 3.8) is 0 Å². The van der Waals surface area contributed by atoms with Crippen LogP contribution in [0, 0.1) is 0 Å². The van der Waals surface area contributed by atoms with Crippen LogP contribution in [0.3, 0.4) is 0 Å². The number of rotatable bonds is 17. The van der Waals surface area contributed by atoms with Crippen molar-refractivity contribution in [2.45, 2.75) is 109 Å². The van der Waals surface area contributed by atoms with E-state index in [0.29, 0.717) is 19.4 Å². The molecule has 0 radical (unpaired) electrons. The SMILES string of the molecule is CC(O)(CCCO)CCCCCCCCCCCCCCO. The molecule has 0 aliphatic carbocycles. The first-order valence-electron chi connectivity index (χ1n) is 9.56. The Morgan fingerprint density at radius 3 is 1.23 bits per heavy atom. The fourth-order valence-corrected chi connectivity index (χ4v) is 2.97. The first-order valence-corrected chi connectivity index (χ1v) is 9.56. The summed E-state index contributed by atoms with van der Waals surface area (Å²) in [5.74, 6) is 0. The van der Waals surface area contributed by atoms with Gasteiger partial charge in [-0.2, -0.15) is 0 Å². The van der Waals surface area contributed by atoms with Crippen LogP contribution in [0.5, 0.6) is 0 Å². The minimum atomic E-state index is -0.585. The summed E-state index contributed by atoms with van der Waals surface area (Å²) in [6.07, 6.45) is 17.3. The molecule has 0 fully saturated rings. The molecular weight excluding hydrogens is 276 g/mol. The predicted molar refractivity (Wildman–Crippen MR) is 94.1 cm³/mol. The topological polar surface area (TPSA) is 60.7 Å². The zero-order chi connectivity index (χ0) is 16.5. The molecule has 1 atom stereocenters. The average molecular weight is 317 g/mol. The zero-order valence-corrected chi connectivity index (χ0v) is 14.9. The molecule has 3 N–H and O–H groups in total. The molecule has 1 unspecified atom stereocenters. The van der Waals surface area contributed by atoms with Gasteiger partial charge >= 0.3 is 0 Å². The molecule has 0 aliphatic rings. The van der Waals surface area contributed by atoms with Gasteiger partial charge in [-0.25, -0.2) is 0 Å². The number of aliphatic hydroxyl groups excluding tert-OH is 2. The van der Waals surface area contributed by atoms with Gasteiger partial charge in [0.1, 0.15) is 0 Å². The number of hydrogen-bond acceptors (Lipinski definition) is 3. The van der Waals surface area contributed by atoms with Crippen LogP contribution in [-0.4, -0.2) is 34.1 Å². The second-order valence-corrected chi connectivity index (χ2v) is 7.04. The van der Waals surface area contributed by atoms with Crippen LogP contribution < -0.4 is 0 Å². The lowest BCUT2D eigenvalue weighted by Gasteiger charge is -2.22. The number of hydrogen-bond donors (Lipinski definition) is 3. The minimum Gasteiger partial charge on any atom is -0.396 e. The molecule has 3 nitrogen and oxygen atoms in total. The van der Waals surface area contributed by atoms with Crippen molar-refractivity contribution in [2.75, 3.05) is 13.2 Å². The fraction of sp³-hybridized carbons (Fsp3) is 1.00. The molecule has 0 aromatic heterocycles. The maximum atomic E-state index is 10.1. The Kier molecular flexibility index (Phi) is 15.7. The highest BCUT2D eigenvalue weighted by atomic mass is 16.3. The van der Waals surface area contributed by atoms with Crippen molar-refractivity contribution in [1.29, 1.82) is 0 Å². The van der Waals surface area contributed by atoms with Crippen molar-refractivity contribution in [1.82, 2.24) is 0 Å². The molecular formula is C19H40O3. The van der Waals surface area contributed by atoms with E-state index >= 15 is 0 Å². The van der Waals surface area contributed by atoms with E-state index in [1.807, 2.05) is 6.92 Å². The molecule has 0 rings (SSSR count). The highest BCUT2D eigenvalue weighted by Crippen LogP contribution is 2.21. The Morgan fingerprint density at radius 2 is 0.818 bits per heavy atom. The van der Waals surface area contributed by atoms with E-state index in [4.69, 9.17) is 10.2 Å². The Bertz CT molecular complexity index is 217. The fourth-order valence-electron chi connectivity index (χ4n) is 2.97. The van der Waals surface area contributed by atoms with E-state index < -0.39 is 5.60 Å². The smallest absolute Gasteiger partial charge is 0.0620 e. The third-order valence-electron chi connectivity index (χ3n) is 4.50. The maximum Gasteiger partial charge on any atom is 0.0620 e. The van der Waals surface area contributed by atoms with Gasteiger partial charge in [-0.15, -0.1) is 0 Å². The summed E-state index contributed by atoms with van der Waals surface area (Å²) < 4.78 is 0. The van der Waals surface area contributed by atoms with Gasteiger partial charge < -0.3 is 15.3 Å². The van der Waals surface area contributed by atoms with Crippen LogP contribution in [0.25, 0.3) is 0 Å². The lowest BCUT2D eigenvalue weighted by Crippen LogP contribution is -2.24. The van der Waals surface area contributed by atoms with E-state index in [2.05, 4.69) is 0 Å². The van der Waals surface area contributed by atoms with E-state index in [1.165, 1.54) is 64.2 Å². The summed E-state index contributed by atoms with van der Waals surface area (Å²) in [6, 6.07) is 0. The van der Waals surface area contributed by atoms with Crippen molar-refractivity contribution in [3.05, 3.63) is 0 Å². The Morgan fingerprint density at radius 1 is 0.500 bits per heavy atom. The Hall–Kier alpha value is -0.120. The van der Waals surface area contributed by atoms with Crippen LogP contribution >= 0.6 is 0 Å². The number of aliphatic hydroxyl groups is 3. The van der Waals surface area contributed by atoms with E-state index in [-0.39, 0.29) is 6.61 Å². The molecule has 0 aromatic rings. The van der Waals surface area contributed by atoms with Gasteiger partial charge in [0.25, 0.3) is 0 Å². The standard InChI is InChI=1S/C19H40O3/c1-19(22,16-14-18-21)15-12-10-8-6-4-2-3-5-7-9-11-13-17-20/h20-22H,2-18H2,1H3. The van der Waals surface area contributed by atoms with E-state index in [9.17, 15) is 5.11 Å². The van der Waals surface area contributed by atoms with Crippen molar-refractivity contribution in [3.8, 4) is 0 Å². The molecule has 0 amide bonds. The molecule has 0 heterocycles. The van der Waals surface area contributed by atoms with Gasteiger partial charge in [-0.1, -0.05) is 70.6 Å². The lowest BCUT2D eigenvalue weighted by molar-refractivity contribution is 0.0326.